The van der Waals surface area contributed by atoms with Crippen LogP contribution in [0.1, 0.15) is 5.69 Å². The molecule has 0 saturated heterocycles. The Kier molecular flexibility index (Phi) is 2.53. The van der Waals surface area contributed by atoms with Gasteiger partial charge in [-0.05, 0) is 28.1 Å². The molecule has 0 amide bonds. The number of rotatable bonds is 1. The first-order valence-corrected chi connectivity index (χ1v) is 3.53. The van der Waals surface area contributed by atoms with Crippen molar-refractivity contribution in [2.75, 3.05) is 0 Å². The van der Waals surface area contributed by atoms with Crippen molar-refractivity contribution < 1.29 is 9.60 Å². The van der Waals surface area contributed by atoms with Crippen molar-refractivity contribution in [3.8, 4) is 0 Å². The standard InChI is InChI=1S/C6H4BrFN2O/c7-6-2-1-4(8)5(10-6)3-9-11/h1-3,11H/b9-3-. The summed E-state index contributed by atoms with van der Waals surface area (Å²) in [5, 5.41) is 10.7. The maximum Gasteiger partial charge on any atom is 0.150 e. The lowest BCUT2D eigenvalue weighted by molar-refractivity contribution is 0.321. The summed E-state index contributed by atoms with van der Waals surface area (Å²) in [6.45, 7) is 0. The normalized spacial score (nSPS) is 10.7. The van der Waals surface area contributed by atoms with Gasteiger partial charge >= 0.3 is 0 Å². The van der Waals surface area contributed by atoms with Gasteiger partial charge in [0.2, 0.25) is 0 Å². The molecule has 0 aliphatic carbocycles. The van der Waals surface area contributed by atoms with Crippen LogP contribution in [0.3, 0.4) is 0 Å². The van der Waals surface area contributed by atoms with E-state index in [4.69, 9.17) is 5.21 Å². The molecule has 1 heterocycles. The van der Waals surface area contributed by atoms with Gasteiger partial charge in [-0.1, -0.05) is 5.16 Å². The molecule has 5 heteroatoms. The van der Waals surface area contributed by atoms with Gasteiger partial charge in [0.05, 0.1) is 6.21 Å². The van der Waals surface area contributed by atoms with Crippen molar-refractivity contribution in [3.63, 3.8) is 0 Å². The van der Waals surface area contributed by atoms with Gasteiger partial charge in [-0.15, -0.1) is 0 Å². The van der Waals surface area contributed by atoms with Gasteiger partial charge in [0.25, 0.3) is 0 Å². The Morgan fingerprint density at radius 3 is 3.00 bits per heavy atom. The van der Waals surface area contributed by atoms with Gasteiger partial charge < -0.3 is 5.21 Å². The molecule has 1 aromatic heterocycles. The molecule has 0 fully saturated rings. The Balaban J connectivity index is 3.12. The molecule has 0 spiro atoms. The van der Waals surface area contributed by atoms with Crippen molar-refractivity contribution in [1.82, 2.24) is 4.98 Å². The van der Waals surface area contributed by atoms with E-state index in [0.29, 0.717) is 4.60 Å². The van der Waals surface area contributed by atoms with E-state index in [1.54, 1.807) is 0 Å². The van der Waals surface area contributed by atoms with Gasteiger partial charge in [-0.25, -0.2) is 9.37 Å². The van der Waals surface area contributed by atoms with E-state index < -0.39 is 5.82 Å². The fraction of sp³-hybridized carbons (Fsp3) is 0. The number of halogens is 2. The molecule has 1 N–H and O–H groups in total. The highest BCUT2D eigenvalue weighted by Crippen LogP contribution is 2.08. The van der Waals surface area contributed by atoms with Crippen molar-refractivity contribution in [3.05, 3.63) is 28.2 Å². The predicted octanol–water partition coefficient (Wildman–Crippen LogP) is 1.79. The number of pyridine rings is 1. The van der Waals surface area contributed by atoms with Gasteiger partial charge in [-0.3, -0.25) is 0 Å². The average Bonchev–Trinajstić information content (AvgIpc) is 1.98. The second kappa shape index (κ2) is 3.43. The minimum atomic E-state index is -0.522. The fourth-order valence-electron chi connectivity index (χ4n) is 0.578. The number of hydrogen-bond acceptors (Lipinski definition) is 3. The third-order valence-electron chi connectivity index (χ3n) is 1.02. The van der Waals surface area contributed by atoms with Crippen LogP contribution >= 0.6 is 15.9 Å². The van der Waals surface area contributed by atoms with E-state index in [1.807, 2.05) is 0 Å². The van der Waals surface area contributed by atoms with Crippen LogP contribution in [0, 0.1) is 5.82 Å². The molecule has 0 bridgehead atoms. The van der Waals surface area contributed by atoms with Gasteiger partial charge in [0.15, 0.2) is 5.82 Å². The molecule has 0 radical (unpaired) electrons. The molecule has 11 heavy (non-hydrogen) atoms. The van der Waals surface area contributed by atoms with Crippen molar-refractivity contribution in [1.29, 1.82) is 0 Å². The van der Waals surface area contributed by atoms with Gasteiger partial charge in [0.1, 0.15) is 10.3 Å². The van der Waals surface area contributed by atoms with Crippen LogP contribution in [0.25, 0.3) is 0 Å². The van der Waals surface area contributed by atoms with Crippen LogP contribution in [0.15, 0.2) is 21.9 Å². The minimum Gasteiger partial charge on any atom is -0.411 e. The number of aromatic nitrogens is 1. The summed E-state index contributed by atoms with van der Waals surface area (Å²) in [5.74, 6) is -0.522. The van der Waals surface area contributed by atoms with E-state index in [9.17, 15) is 4.39 Å². The molecule has 0 aliphatic rings. The van der Waals surface area contributed by atoms with Crippen LogP contribution in [-0.4, -0.2) is 16.4 Å². The van der Waals surface area contributed by atoms with Crippen LogP contribution in [0.5, 0.6) is 0 Å². The monoisotopic (exact) mass is 218 g/mol. The van der Waals surface area contributed by atoms with E-state index >= 15 is 0 Å². The largest absolute Gasteiger partial charge is 0.411 e. The summed E-state index contributed by atoms with van der Waals surface area (Å²) in [6.07, 6.45) is 0.931. The Morgan fingerprint density at radius 2 is 2.36 bits per heavy atom. The molecular weight excluding hydrogens is 215 g/mol. The molecular formula is C6H4BrFN2O. The topological polar surface area (TPSA) is 45.5 Å². The Labute approximate surface area is 70.7 Å². The molecule has 58 valence electrons. The molecule has 0 saturated carbocycles. The number of nitrogens with zero attached hydrogens (tertiary/aromatic N) is 2. The molecule has 3 nitrogen and oxygen atoms in total. The van der Waals surface area contributed by atoms with Crippen LogP contribution < -0.4 is 0 Å². The summed E-state index contributed by atoms with van der Waals surface area (Å²) in [5.41, 5.74) is 0.00174. The molecule has 0 atom stereocenters. The molecule has 0 aromatic carbocycles. The average molecular weight is 219 g/mol. The quantitative estimate of drug-likeness (QED) is 0.338. The molecule has 1 aromatic rings. The maximum atomic E-state index is 12.7. The van der Waals surface area contributed by atoms with Crippen LogP contribution in [0.2, 0.25) is 0 Å². The summed E-state index contributed by atoms with van der Waals surface area (Å²) >= 11 is 3.05. The first-order valence-electron chi connectivity index (χ1n) is 2.73. The lowest BCUT2D eigenvalue weighted by Gasteiger charge is -1.93. The lowest BCUT2D eigenvalue weighted by atomic mass is 10.3. The van der Waals surface area contributed by atoms with Crippen molar-refractivity contribution >= 4 is 22.1 Å². The Bertz CT molecular complexity index is 290. The second-order valence-corrected chi connectivity index (χ2v) is 2.56. The smallest absolute Gasteiger partial charge is 0.150 e. The predicted molar refractivity (Wildman–Crippen MR) is 41.3 cm³/mol. The first kappa shape index (κ1) is 8.13. The van der Waals surface area contributed by atoms with Gasteiger partial charge in [0, 0.05) is 0 Å². The second-order valence-electron chi connectivity index (χ2n) is 1.75. The van der Waals surface area contributed by atoms with Gasteiger partial charge in [-0.2, -0.15) is 0 Å². The zero-order chi connectivity index (χ0) is 8.27. The summed E-state index contributed by atoms with van der Waals surface area (Å²) in [7, 11) is 0. The van der Waals surface area contributed by atoms with E-state index in [2.05, 4.69) is 26.1 Å². The first-order chi connectivity index (χ1) is 5.24. The highest BCUT2D eigenvalue weighted by atomic mass is 79.9. The molecule has 1 rings (SSSR count). The highest BCUT2D eigenvalue weighted by molar-refractivity contribution is 9.10. The number of hydrogen-bond donors (Lipinski definition) is 1. The lowest BCUT2D eigenvalue weighted by Crippen LogP contribution is -1.92. The minimum absolute atomic E-state index is 0.00174. The number of oxime groups is 1. The van der Waals surface area contributed by atoms with E-state index in [0.717, 1.165) is 6.21 Å². The molecule has 0 unspecified atom stereocenters. The van der Waals surface area contributed by atoms with Crippen LogP contribution in [0.4, 0.5) is 4.39 Å². The summed E-state index contributed by atoms with van der Waals surface area (Å²) in [4.78, 5) is 3.69. The van der Waals surface area contributed by atoms with E-state index in [1.165, 1.54) is 12.1 Å². The Hall–Kier alpha value is -0.970. The fourth-order valence-corrected chi connectivity index (χ4v) is 0.901. The van der Waals surface area contributed by atoms with Crippen LogP contribution in [-0.2, 0) is 0 Å². The SMILES string of the molecule is O/N=C\c1nc(Br)ccc1F. The maximum absolute atomic E-state index is 12.7. The third kappa shape index (κ3) is 1.98. The third-order valence-corrected chi connectivity index (χ3v) is 1.46. The highest BCUT2D eigenvalue weighted by Gasteiger charge is 2.00. The van der Waals surface area contributed by atoms with E-state index in [-0.39, 0.29) is 5.69 Å². The Morgan fingerprint density at radius 1 is 1.64 bits per heavy atom. The molecule has 0 aliphatic heterocycles. The summed E-state index contributed by atoms with van der Waals surface area (Å²) in [6, 6.07) is 2.69. The van der Waals surface area contributed by atoms with Crippen molar-refractivity contribution in [2.24, 2.45) is 5.16 Å². The summed E-state index contributed by atoms with van der Waals surface area (Å²) < 4.78 is 13.2. The zero-order valence-electron chi connectivity index (χ0n) is 5.33. The van der Waals surface area contributed by atoms with Crippen molar-refractivity contribution in [2.45, 2.75) is 0 Å². The zero-order valence-corrected chi connectivity index (χ0v) is 6.92.